The molecule has 0 spiro atoms. The highest BCUT2D eigenvalue weighted by Gasteiger charge is 2.39. The van der Waals surface area contributed by atoms with E-state index in [-0.39, 0.29) is 23.4 Å². The number of hydrogen-bond donors (Lipinski definition) is 2. The van der Waals surface area contributed by atoms with E-state index in [9.17, 15) is 14.4 Å². The molecule has 9 heteroatoms. The molecule has 4 rings (SSSR count). The van der Waals surface area contributed by atoms with Crippen LogP contribution in [0.3, 0.4) is 0 Å². The second-order valence-electron chi connectivity index (χ2n) is 9.48. The van der Waals surface area contributed by atoms with E-state index in [0.717, 1.165) is 6.61 Å². The first-order valence-corrected chi connectivity index (χ1v) is 11.4. The number of nitrogens with zero attached hydrogens (tertiary/aromatic N) is 3. The Morgan fingerprint density at radius 2 is 2.03 bits per heavy atom. The monoisotopic (exact) mass is 453 g/mol. The minimum Gasteiger partial charge on any atom is -0.492 e. The predicted octanol–water partition coefficient (Wildman–Crippen LogP) is 2.12. The molecule has 0 radical (unpaired) electrons. The van der Waals surface area contributed by atoms with Crippen molar-refractivity contribution in [1.29, 1.82) is 0 Å². The van der Waals surface area contributed by atoms with Crippen LogP contribution in [-0.2, 0) is 4.79 Å². The average Bonchev–Trinajstić information content (AvgIpc) is 3.62. The van der Waals surface area contributed by atoms with Crippen molar-refractivity contribution in [3.63, 3.8) is 0 Å². The van der Waals surface area contributed by atoms with Gasteiger partial charge in [0.25, 0.3) is 5.91 Å². The molecule has 0 bridgehead atoms. The molecule has 2 fully saturated rings. The van der Waals surface area contributed by atoms with Crippen molar-refractivity contribution in [2.75, 3.05) is 31.6 Å². The van der Waals surface area contributed by atoms with E-state index in [1.165, 1.54) is 31.2 Å². The molecule has 0 unspecified atom stereocenters. The Labute approximate surface area is 193 Å². The van der Waals surface area contributed by atoms with Gasteiger partial charge in [0.1, 0.15) is 11.6 Å². The number of hydrogen-bond acceptors (Lipinski definition) is 6. The standard InChI is InChI=1S/C24H31N5O4/c1-16(22(31)27-20-8-7-19(13-25-20)33-14-17-4-5-17)28-10-11-29(24(2,3)15-28)23(32)18-6-9-21(30)26-12-18/h6-9,12-13,16-17H,4-5,10-11,14-15H2,1-3H3,(H,26,30)(H,25,27,31)/t16-/m0/s1. The summed E-state index contributed by atoms with van der Waals surface area (Å²) in [4.78, 5) is 47.8. The number of carbonyl (C=O) groups excluding carboxylic acids is 2. The highest BCUT2D eigenvalue weighted by atomic mass is 16.5. The minimum absolute atomic E-state index is 0.138. The van der Waals surface area contributed by atoms with Gasteiger partial charge in [0.15, 0.2) is 0 Å². The van der Waals surface area contributed by atoms with Gasteiger partial charge in [0.05, 0.1) is 29.9 Å². The fraction of sp³-hybridized carbons (Fsp3) is 0.500. The maximum Gasteiger partial charge on any atom is 0.255 e. The Morgan fingerprint density at radius 3 is 2.64 bits per heavy atom. The first-order valence-electron chi connectivity index (χ1n) is 11.4. The second-order valence-corrected chi connectivity index (χ2v) is 9.48. The zero-order valence-corrected chi connectivity index (χ0v) is 19.3. The molecule has 1 saturated carbocycles. The lowest BCUT2D eigenvalue weighted by atomic mass is 9.96. The second kappa shape index (κ2) is 9.35. The van der Waals surface area contributed by atoms with Crippen LogP contribution in [0.5, 0.6) is 5.75 Å². The lowest BCUT2D eigenvalue weighted by Crippen LogP contribution is -2.63. The molecular formula is C24H31N5O4. The minimum atomic E-state index is -0.487. The lowest BCUT2D eigenvalue weighted by Gasteiger charge is -2.48. The Kier molecular flexibility index (Phi) is 6.51. The number of carbonyl (C=O) groups is 2. The van der Waals surface area contributed by atoms with Crippen LogP contribution in [0.25, 0.3) is 0 Å². The number of pyridine rings is 2. The Morgan fingerprint density at radius 1 is 1.24 bits per heavy atom. The summed E-state index contributed by atoms with van der Waals surface area (Å²) in [6.45, 7) is 8.12. The molecule has 2 aromatic rings. The van der Waals surface area contributed by atoms with Gasteiger partial charge in [0, 0.05) is 31.9 Å². The van der Waals surface area contributed by atoms with E-state index in [1.807, 2.05) is 26.8 Å². The van der Waals surface area contributed by atoms with Gasteiger partial charge in [-0.05, 0) is 57.7 Å². The summed E-state index contributed by atoms with van der Waals surface area (Å²) < 4.78 is 5.69. The largest absolute Gasteiger partial charge is 0.492 e. The molecular weight excluding hydrogens is 422 g/mol. The number of aromatic amines is 1. The van der Waals surface area contributed by atoms with Crippen molar-refractivity contribution in [3.8, 4) is 5.75 Å². The van der Waals surface area contributed by atoms with E-state index >= 15 is 0 Å². The summed E-state index contributed by atoms with van der Waals surface area (Å²) >= 11 is 0. The number of aromatic nitrogens is 2. The average molecular weight is 454 g/mol. The quantitative estimate of drug-likeness (QED) is 0.665. The zero-order chi connectivity index (χ0) is 23.6. The van der Waals surface area contributed by atoms with Gasteiger partial charge in [-0.25, -0.2) is 4.98 Å². The van der Waals surface area contributed by atoms with Crippen LogP contribution in [0.1, 0.15) is 44.0 Å². The summed E-state index contributed by atoms with van der Waals surface area (Å²) in [5.74, 6) is 1.57. The Balaban J connectivity index is 1.33. The van der Waals surface area contributed by atoms with Crippen LogP contribution >= 0.6 is 0 Å². The van der Waals surface area contributed by atoms with Crippen molar-refractivity contribution < 1.29 is 14.3 Å². The fourth-order valence-electron chi connectivity index (χ4n) is 4.03. The van der Waals surface area contributed by atoms with Gasteiger partial charge >= 0.3 is 0 Å². The number of anilines is 1. The third-order valence-electron chi connectivity index (χ3n) is 6.31. The summed E-state index contributed by atoms with van der Waals surface area (Å²) in [7, 11) is 0. The maximum absolute atomic E-state index is 13.0. The Bertz CT molecular complexity index is 1040. The first kappa shape index (κ1) is 23.0. The van der Waals surface area contributed by atoms with Gasteiger partial charge < -0.3 is 19.9 Å². The van der Waals surface area contributed by atoms with Crippen LogP contribution in [-0.4, -0.2) is 69.4 Å². The van der Waals surface area contributed by atoms with E-state index in [1.54, 1.807) is 17.2 Å². The molecule has 33 heavy (non-hydrogen) atoms. The summed E-state index contributed by atoms with van der Waals surface area (Å²) in [6, 6.07) is 6.07. The predicted molar refractivity (Wildman–Crippen MR) is 124 cm³/mol. The third-order valence-corrected chi connectivity index (χ3v) is 6.31. The van der Waals surface area contributed by atoms with Gasteiger partial charge in [-0.15, -0.1) is 0 Å². The van der Waals surface area contributed by atoms with Gasteiger partial charge in [-0.3, -0.25) is 19.3 Å². The molecule has 3 heterocycles. The van der Waals surface area contributed by atoms with Crippen LogP contribution < -0.4 is 15.6 Å². The highest BCUT2D eigenvalue weighted by molar-refractivity contribution is 5.95. The zero-order valence-electron chi connectivity index (χ0n) is 19.3. The van der Waals surface area contributed by atoms with Gasteiger partial charge in [-0.2, -0.15) is 0 Å². The van der Waals surface area contributed by atoms with E-state index in [0.29, 0.717) is 42.7 Å². The molecule has 2 aliphatic rings. The molecule has 1 atom stereocenters. The maximum atomic E-state index is 13.0. The normalized spacial score (nSPS) is 19.1. The number of nitrogens with one attached hydrogen (secondary N) is 2. The summed E-state index contributed by atoms with van der Waals surface area (Å²) in [6.07, 6.45) is 5.53. The van der Waals surface area contributed by atoms with Crippen molar-refractivity contribution in [1.82, 2.24) is 19.8 Å². The van der Waals surface area contributed by atoms with Crippen LogP contribution in [0.15, 0.2) is 41.5 Å². The van der Waals surface area contributed by atoms with Crippen molar-refractivity contribution in [2.45, 2.75) is 45.2 Å². The molecule has 2 aromatic heterocycles. The number of rotatable bonds is 7. The van der Waals surface area contributed by atoms with Crippen LogP contribution in [0.2, 0.25) is 0 Å². The third kappa shape index (κ3) is 5.60. The van der Waals surface area contributed by atoms with E-state index in [4.69, 9.17) is 4.74 Å². The number of amides is 2. The fourth-order valence-corrected chi connectivity index (χ4v) is 4.03. The number of ether oxygens (including phenoxy) is 1. The summed E-state index contributed by atoms with van der Waals surface area (Å²) in [5, 5.41) is 2.87. The van der Waals surface area contributed by atoms with Crippen molar-refractivity contribution in [3.05, 3.63) is 52.6 Å². The van der Waals surface area contributed by atoms with Gasteiger partial charge in [0.2, 0.25) is 11.5 Å². The molecule has 2 amide bonds. The molecule has 1 saturated heterocycles. The van der Waals surface area contributed by atoms with Crippen LogP contribution in [0, 0.1) is 5.92 Å². The number of piperazine rings is 1. The van der Waals surface area contributed by atoms with E-state index < -0.39 is 5.54 Å². The van der Waals surface area contributed by atoms with E-state index in [2.05, 4.69) is 20.2 Å². The highest BCUT2D eigenvalue weighted by Crippen LogP contribution is 2.29. The molecule has 0 aromatic carbocycles. The molecule has 1 aliphatic carbocycles. The number of H-pyrrole nitrogens is 1. The van der Waals surface area contributed by atoms with Crippen molar-refractivity contribution in [2.24, 2.45) is 5.92 Å². The lowest BCUT2D eigenvalue weighted by molar-refractivity contribution is -0.122. The summed E-state index contributed by atoms with van der Waals surface area (Å²) in [5.41, 5.74) is -0.290. The topological polar surface area (TPSA) is 108 Å². The molecule has 2 N–H and O–H groups in total. The van der Waals surface area contributed by atoms with Gasteiger partial charge in [-0.1, -0.05) is 0 Å². The van der Waals surface area contributed by atoms with Crippen LogP contribution in [0.4, 0.5) is 5.82 Å². The SMILES string of the molecule is C[C@@H](C(=O)Nc1ccc(OCC2CC2)cn1)N1CCN(C(=O)c2ccc(=O)[nH]c2)C(C)(C)C1. The first-order chi connectivity index (χ1) is 15.7. The smallest absolute Gasteiger partial charge is 0.255 e. The Hall–Kier alpha value is -3.20. The molecule has 9 nitrogen and oxygen atoms in total. The molecule has 1 aliphatic heterocycles. The molecule has 176 valence electrons. The van der Waals surface area contributed by atoms with Crippen molar-refractivity contribution >= 4 is 17.6 Å².